The first-order valence-corrected chi connectivity index (χ1v) is 12.5. The van der Waals surface area contributed by atoms with Crippen LogP contribution in [-0.4, -0.2) is 55.0 Å². The van der Waals surface area contributed by atoms with Gasteiger partial charge in [0.2, 0.25) is 5.91 Å². The van der Waals surface area contributed by atoms with E-state index >= 15 is 0 Å². The zero-order valence-electron chi connectivity index (χ0n) is 19.6. The van der Waals surface area contributed by atoms with Crippen LogP contribution in [0, 0.1) is 0 Å². The highest BCUT2D eigenvalue weighted by Gasteiger charge is 2.33. The summed E-state index contributed by atoms with van der Waals surface area (Å²) < 4.78 is 11.3. The molecule has 1 atom stereocenters. The zero-order valence-corrected chi connectivity index (χ0v) is 20.4. The van der Waals surface area contributed by atoms with Crippen molar-refractivity contribution in [2.75, 3.05) is 33.4 Å². The Bertz CT molecular complexity index is 1110. The van der Waals surface area contributed by atoms with Crippen molar-refractivity contribution in [1.82, 2.24) is 9.80 Å². The number of hydrogen-bond donors (Lipinski definition) is 0. The Hall–Kier alpha value is -3.32. The summed E-state index contributed by atoms with van der Waals surface area (Å²) in [7, 11) is 1.57. The summed E-state index contributed by atoms with van der Waals surface area (Å²) >= 11 is 1.72. The number of amides is 2. The summed E-state index contributed by atoms with van der Waals surface area (Å²) in [6.45, 7) is 3.53. The topological polar surface area (TPSA) is 59.1 Å². The number of benzene rings is 2. The maximum Gasteiger partial charge on any atom is 0.254 e. The van der Waals surface area contributed by atoms with Crippen LogP contribution in [0.4, 0.5) is 0 Å². The summed E-state index contributed by atoms with van der Waals surface area (Å²) in [5.41, 5.74) is 1.66. The monoisotopic (exact) mass is 478 g/mol. The third kappa shape index (κ3) is 5.42. The molecule has 1 aliphatic heterocycles. The average Bonchev–Trinajstić information content (AvgIpc) is 3.36. The molecule has 0 saturated carbocycles. The fourth-order valence-electron chi connectivity index (χ4n) is 4.28. The maximum atomic E-state index is 13.6. The number of carbonyl (C=O) groups excluding carboxylic acids is 2. The Labute approximate surface area is 204 Å². The van der Waals surface area contributed by atoms with E-state index in [1.165, 1.54) is 4.88 Å². The lowest BCUT2D eigenvalue weighted by Crippen LogP contribution is -2.48. The van der Waals surface area contributed by atoms with Gasteiger partial charge in [0.25, 0.3) is 5.91 Å². The van der Waals surface area contributed by atoms with Gasteiger partial charge in [-0.15, -0.1) is 11.3 Å². The number of para-hydroxylation sites is 1. The third-order valence-electron chi connectivity index (χ3n) is 5.99. The fraction of sp³-hybridized carbons (Fsp3) is 0.333. The highest BCUT2D eigenvalue weighted by molar-refractivity contribution is 7.10. The molecule has 0 fully saturated rings. The van der Waals surface area contributed by atoms with Crippen LogP contribution in [0.15, 0.2) is 66.0 Å². The summed E-state index contributed by atoms with van der Waals surface area (Å²) in [5.74, 6) is 1.16. The Morgan fingerprint density at radius 2 is 1.88 bits per heavy atom. The van der Waals surface area contributed by atoms with E-state index in [0.29, 0.717) is 31.0 Å². The van der Waals surface area contributed by atoms with Gasteiger partial charge in [-0.05, 0) is 60.2 Å². The van der Waals surface area contributed by atoms with Crippen LogP contribution in [0.1, 0.15) is 40.2 Å². The van der Waals surface area contributed by atoms with Gasteiger partial charge in [0.05, 0.1) is 13.2 Å². The van der Waals surface area contributed by atoms with Gasteiger partial charge in [0.1, 0.15) is 24.7 Å². The number of carbonyl (C=O) groups is 2. The first-order chi connectivity index (χ1) is 16.6. The maximum absolute atomic E-state index is 13.6. The lowest BCUT2D eigenvalue weighted by molar-refractivity contribution is -0.135. The van der Waals surface area contributed by atoms with Crippen LogP contribution in [0.5, 0.6) is 11.5 Å². The van der Waals surface area contributed by atoms with Gasteiger partial charge in [-0.2, -0.15) is 0 Å². The van der Waals surface area contributed by atoms with Gasteiger partial charge < -0.3 is 19.3 Å². The van der Waals surface area contributed by atoms with Gasteiger partial charge in [-0.3, -0.25) is 9.59 Å². The summed E-state index contributed by atoms with van der Waals surface area (Å²) in [4.78, 5) is 31.6. The molecular weight excluding hydrogens is 448 g/mol. The molecule has 178 valence electrons. The smallest absolute Gasteiger partial charge is 0.254 e. The molecule has 7 heteroatoms. The second kappa shape index (κ2) is 11.2. The second-order valence-corrected chi connectivity index (χ2v) is 9.24. The highest BCUT2D eigenvalue weighted by Crippen LogP contribution is 2.34. The number of fused-ring (bicyclic) bond motifs is 1. The van der Waals surface area contributed by atoms with E-state index < -0.39 is 0 Å². The molecule has 0 radical (unpaired) electrons. The van der Waals surface area contributed by atoms with Gasteiger partial charge in [-0.1, -0.05) is 31.2 Å². The second-order valence-electron chi connectivity index (χ2n) is 8.23. The first kappa shape index (κ1) is 23.8. The normalized spacial score (nSPS) is 14.9. The van der Waals surface area contributed by atoms with Gasteiger partial charge >= 0.3 is 0 Å². The molecule has 1 aromatic heterocycles. The summed E-state index contributed by atoms with van der Waals surface area (Å²) in [5, 5.41) is 2.07. The first-order valence-electron chi connectivity index (χ1n) is 11.6. The molecule has 3 aromatic rings. The Balaban J connectivity index is 1.51. The van der Waals surface area contributed by atoms with E-state index in [2.05, 4.69) is 11.4 Å². The number of rotatable bonds is 9. The Kier molecular flexibility index (Phi) is 7.85. The molecule has 2 aromatic carbocycles. The molecule has 2 heterocycles. The number of methoxy groups -OCH3 is 1. The molecule has 0 unspecified atom stereocenters. The molecule has 2 amide bonds. The van der Waals surface area contributed by atoms with E-state index in [0.717, 1.165) is 24.2 Å². The molecule has 0 N–H and O–H groups in total. The number of nitrogens with zero attached hydrogens (tertiary/aromatic N) is 2. The molecule has 4 rings (SSSR count). The van der Waals surface area contributed by atoms with Crippen LogP contribution in [0.2, 0.25) is 0 Å². The Morgan fingerprint density at radius 1 is 1.09 bits per heavy atom. The number of hydrogen-bond acceptors (Lipinski definition) is 5. The molecule has 6 nitrogen and oxygen atoms in total. The molecule has 34 heavy (non-hydrogen) atoms. The number of ether oxygens (including phenoxy) is 2. The van der Waals surface area contributed by atoms with Crippen LogP contribution in [0.25, 0.3) is 0 Å². The fourth-order valence-corrected chi connectivity index (χ4v) is 5.21. The van der Waals surface area contributed by atoms with Crippen molar-refractivity contribution in [3.8, 4) is 11.5 Å². The van der Waals surface area contributed by atoms with Crippen molar-refractivity contribution in [1.29, 1.82) is 0 Å². The van der Waals surface area contributed by atoms with Crippen LogP contribution >= 0.6 is 11.3 Å². The SMILES string of the molecule is CCCN(CC(=O)N1CCc2sccc2[C@H]1COc1ccccc1)C(=O)c1cccc(OC)c1. The van der Waals surface area contributed by atoms with E-state index in [-0.39, 0.29) is 24.4 Å². The van der Waals surface area contributed by atoms with Crippen molar-refractivity contribution in [2.24, 2.45) is 0 Å². The minimum Gasteiger partial charge on any atom is -0.497 e. The molecule has 0 spiro atoms. The van der Waals surface area contributed by atoms with Crippen molar-refractivity contribution in [3.63, 3.8) is 0 Å². The molecular formula is C27H30N2O4S. The standard InChI is InChI=1S/C27H30N2O4S/c1-3-14-28(27(31)20-8-7-11-22(17-20)32-2)18-26(30)29-15-12-25-23(13-16-34-25)24(29)19-33-21-9-5-4-6-10-21/h4-11,13,16-17,24H,3,12,14-15,18-19H2,1-2H3/t24-/m1/s1. The third-order valence-corrected chi connectivity index (χ3v) is 6.99. The van der Waals surface area contributed by atoms with Crippen LogP contribution in [-0.2, 0) is 11.2 Å². The quantitative estimate of drug-likeness (QED) is 0.443. The predicted molar refractivity (Wildman–Crippen MR) is 134 cm³/mol. The lowest BCUT2D eigenvalue weighted by atomic mass is 10.0. The van der Waals surface area contributed by atoms with Crippen molar-refractivity contribution < 1.29 is 19.1 Å². The summed E-state index contributed by atoms with van der Waals surface area (Å²) in [6.07, 6.45) is 1.58. The van der Waals surface area contributed by atoms with E-state index in [1.54, 1.807) is 47.6 Å². The number of thiophene rings is 1. The minimum absolute atomic E-state index is 0.0329. The Morgan fingerprint density at radius 3 is 2.65 bits per heavy atom. The minimum atomic E-state index is -0.182. The van der Waals surface area contributed by atoms with E-state index in [1.807, 2.05) is 42.2 Å². The van der Waals surface area contributed by atoms with Crippen molar-refractivity contribution in [3.05, 3.63) is 82.0 Å². The van der Waals surface area contributed by atoms with Crippen LogP contribution in [0.3, 0.4) is 0 Å². The lowest BCUT2D eigenvalue weighted by Gasteiger charge is -2.37. The van der Waals surface area contributed by atoms with Crippen molar-refractivity contribution in [2.45, 2.75) is 25.8 Å². The van der Waals surface area contributed by atoms with Crippen LogP contribution < -0.4 is 9.47 Å². The predicted octanol–water partition coefficient (Wildman–Crippen LogP) is 4.81. The average molecular weight is 479 g/mol. The van der Waals surface area contributed by atoms with Gasteiger partial charge in [0.15, 0.2) is 0 Å². The van der Waals surface area contributed by atoms with E-state index in [9.17, 15) is 9.59 Å². The molecule has 0 aliphatic carbocycles. The van der Waals surface area contributed by atoms with E-state index in [4.69, 9.17) is 9.47 Å². The molecule has 0 bridgehead atoms. The van der Waals surface area contributed by atoms with Gasteiger partial charge in [-0.25, -0.2) is 0 Å². The zero-order chi connectivity index (χ0) is 23.9. The summed E-state index contributed by atoms with van der Waals surface area (Å²) in [6, 6.07) is 18.6. The molecule has 0 saturated heterocycles. The largest absolute Gasteiger partial charge is 0.497 e. The highest BCUT2D eigenvalue weighted by atomic mass is 32.1. The van der Waals surface area contributed by atoms with Crippen molar-refractivity contribution >= 4 is 23.2 Å². The molecule has 1 aliphatic rings. The van der Waals surface area contributed by atoms with Gasteiger partial charge in [0, 0.05) is 23.5 Å².